The third-order valence-electron chi connectivity index (χ3n) is 2.06. The van der Waals surface area contributed by atoms with E-state index in [1.807, 2.05) is 0 Å². The van der Waals surface area contributed by atoms with Crippen LogP contribution < -0.4 is 0 Å². The molecule has 0 bridgehead atoms. The molecule has 0 aliphatic rings. The number of aliphatic hydroxyl groups is 2. The Morgan fingerprint density at radius 3 is 2.43 bits per heavy atom. The van der Waals surface area contributed by atoms with Crippen LogP contribution >= 0.6 is 0 Å². The number of rotatable bonds is 10. The lowest BCUT2D eigenvalue weighted by Gasteiger charge is -2.06. The van der Waals surface area contributed by atoms with Crippen molar-refractivity contribution in [1.29, 1.82) is 0 Å². The Labute approximate surface area is 87.1 Å². The van der Waals surface area contributed by atoms with Gasteiger partial charge in [-0.2, -0.15) is 0 Å². The van der Waals surface area contributed by atoms with E-state index in [9.17, 15) is 0 Å². The van der Waals surface area contributed by atoms with Crippen LogP contribution in [0.5, 0.6) is 0 Å². The van der Waals surface area contributed by atoms with Gasteiger partial charge in [0.15, 0.2) is 0 Å². The van der Waals surface area contributed by atoms with Gasteiger partial charge in [-0.25, -0.2) is 0 Å². The minimum absolute atomic E-state index is 0.267. The predicted octanol–water partition coefficient (Wildman–Crippen LogP) is 1.88. The van der Waals surface area contributed by atoms with Crippen molar-refractivity contribution in [3.05, 3.63) is 6.61 Å². The lowest BCUT2D eigenvalue weighted by molar-refractivity contribution is 0.0499. The van der Waals surface area contributed by atoms with Gasteiger partial charge >= 0.3 is 0 Å². The molecule has 0 saturated heterocycles. The van der Waals surface area contributed by atoms with E-state index < -0.39 is 6.10 Å². The average Bonchev–Trinajstić information content (AvgIpc) is 2.21. The Kier molecular flexibility index (Phi) is 10.9. The zero-order chi connectivity index (χ0) is 10.6. The maximum absolute atomic E-state index is 8.90. The molecule has 0 aliphatic heterocycles. The minimum atomic E-state index is -0.838. The molecule has 0 fully saturated rings. The second kappa shape index (κ2) is 11.0. The molecule has 2 N–H and O–H groups in total. The van der Waals surface area contributed by atoms with Gasteiger partial charge in [0.25, 0.3) is 0 Å². The number of unbranched alkanes of at least 4 members (excludes halogenated alkanes) is 5. The van der Waals surface area contributed by atoms with Gasteiger partial charge in [-0.15, -0.1) is 0 Å². The molecule has 3 heteroatoms. The maximum atomic E-state index is 8.90. The summed E-state index contributed by atoms with van der Waals surface area (Å²) in [5, 5.41) is 17.4. The Morgan fingerprint density at radius 1 is 1.14 bits per heavy atom. The Bertz CT molecular complexity index is 107. The van der Waals surface area contributed by atoms with Crippen LogP contribution in [-0.2, 0) is 4.74 Å². The summed E-state index contributed by atoms with van der Waals surface area (Å²) < 4.78 is 5.06. The van der Waals surface area contributed by atoms with E-state index in [2.05, 4.69) is 6.92 Å². The molecule has 1 unspecified atom stereocenters. The van der Waals surface area contributed by atoms with Crippen LogP contribution in [0.2, 0.25) is 0 Å². The number of hydrogen-bond donors (Lipinski definition) is 2. The van der Waals surface area contributed by atoms with Crippen molar-refractivity contribution in [3.63, 3.8) is 0 Å². The van der Waals surface area contributed by atoms with Crippen LogP contribution in [0.25, 0.3) is 0 Å². The summed E-state index contributed by atoms with van der Waals surface area (Å²) >= 11 is 0. The van der Waals surface area contributed by atoms with Crippen LogP contribution in [0.1, 0.15) is 45.4 Å². The molecular formula is C11H23O3. The second-order valence-corrected chi connectivity index (χ2v) is 3.52. The topological polar surface area (TPSA) is 49.7 Å². The van der Waals surface area contributed by atoms with Gasteiger partial charge in [0.1, 0.15) is 12.7 Å². The molecule has 0 spiro atoms. The molecule has 0 rings (SSSR count). The van der Waals surface area contributed by atoms with Gasteiger partial charge in [-0.1, -0.05) is 39.0 Å². The van der Waals surface area contributed by atoms with Crippen LogP contribution in [0.4, 0.5) is 0 Å². The Balaban J connectivity index is 2.92. The molecule has 0 amide bonds. The average molecular weight is 203 g/mol. The summed E-state index contributed by atoms with van der Waals surface area (Å²) in [6.07, 6.45) is 6.53. The first-order valence-corrected chi connectivity index (χ1v) is 5.55. The van der Waals surface area contributed by atoms with Crippen LogP contribution in [0.15, 0.2) is 0 Å². The summed E-state index contributed by atoms with van der Waals surface area (Å²) in [6.45, 7) is 3.88. The lowest BCUT2D eigenvalue weighted by Crippen LogP contribution is -2.14. The van der Waals surface area contributed by atoms with E-state index in [4.69, 9.17) is 14.9 Å². The molecule has 0 heterocycles. The van der Waals surface area contributed by atoms with Crippen LogP contribution in [0.3, 0.4) is 0 Å². The zero-order valence-corrected chi connectivity index (χ0v) is 9.11. The lowest BCUT2D eigenvalue weighted by atomic mass is 10.1. The first kappa shape index (κ1) is 13.9. The highest BCUT2D eigenvalue weighted by Crippen LogP contribution is 2.05. The fourth-order valence-corrected chi connectivity index (χ4v) is 1.19. The molecule has 0 aromatic heterocycles. The molecule has 0 aromatic carbocycles. The highest BCUT2D eigenvalue weighted by atomic mass is 16.5. The van der Waals surface area contributed by atoms with Crippen molar-refractivity contribution in [2.24, 2.45) is 0 Å². The first-order valence-electron chi connectivity index (χ1n) is 5.55. The van der Waals surface area contributed by atoms with Crippen molar-refractivity contribution in [2.75, 3.05) is 13.2 Å². The fraction of sp³-hybridized carbons (Fsp3) is 0.909. The summed E-state index contributed by atoms with van der Waals surface area (Å²) in [5.41, 5.74) is 0. The number of aliphatic hydroxyl groups excluding tert-OH is 2. The quantitative estimate of drug-likeness (QED) is 0.533. The van der Waals surface area contributed by atoms with E-state index in [0.717, 1.165) is 6.42 Å². The fourth-order valence-electron chi connectivity index (χ4n) is 1.19. The van der Waals surface area contributed by atoms with Crippen molar-refractivity contribution in [3.8, 4) is 0 Å². The largest absolute Gasteiger partial charge is 0.394 e. The first-order chi connectivity index (χ1) is 6.81. The number of hydrogen-bond acceptors (Lipinski definition) is 3. The summed E-state index contributed by atoms with van der Waals surface area (Å²) in [5.74, 6) is 0. The third-order valence-corrected chi connectivity index (χ3v) is 2.06. The molecule has 1 atom stereocenters. The second-order valence-electron chi connectivity index (χ2n) is 3.52. The standard InChI is InChI=1S/C11H23O3/c1-2-3-4-5-6-7-8-14-10-11(13)9-12/h10-13H,2-9H2,1H3. The molecule has 0 aliphatic carbocycles. The molecule has 3 nitrogen and oxygen atoms in total. The van der Waals surface area contributed by atoms with Crippen molar-refractivity contribution in [2.45, 2.75) is 51.6 Å². The Hall–Kier alpha value is -0.120. The summed E-state index contributed by atoms with van der Waals surface area (Å²) in [6, 6.07) is 0. The third kappa shape index (κ3) is 9.96. The normalized spacial score (nSPS) is 13.1. The molecule has 14 heavy (non-hydrogen) atoms. The predicted molar refractivity (Wildman–Crippen MR) is 56.7 cm³/mol. The van der Waals surface area contributed by atoms with E-state index in [1.165, 1.54) is 38.7 Å². The monoisotopic (exact) mass is 203 g/mol. The molecule has 0 saturated carbocycles. The van der Waals surface area contributed by atoms with Gasteiger partial charge < -0.3 is 14.9 Å². The van der Waals surface area contributed by atoms with E-state index in [-0.39, 0.29) is 6.61 Å². The van der Waals surface area contributed by atoms with Gasteiger partial charge in [0.05, 0.1) is 6.61 Å². The van der Waals surface area contributed by atoms with Crippen LogP contribution in [0, 0.1) is 6.61 Å². The SMILES string of the molecule is CCCCCCCCO[CH]C(O)CO. The van der Waals surface area contributed by atoms with Gasteiger partial charge in [0, 0.05) is 6.61 Å². The summed E-state index contributed by atoms with van der Waals surface area (Å²) in [7, 11) is 0. The van der Waals surface area contributed by atoms with Crippen molar-refractivity contribution in [1.82, 2.24) is 0 Å². The molecule has 0 aromatic rings. The van der Waals surface area contributed by atoms with Crippen molar-refractivity contribution >= 4 is 0 Å². The molecule has 1 radical (unpaired) electrons. The highest BCUT2D eigenvalue weighted by Gasteiger charge is 2.01. The van der Waals surface area contributed by atoms with Crippen LogP contribution in [-0.4, -0.2) is 29.5 Å². The summed E-state index contributed by atoms with van der Waals surface area (Å²) in [4.78, 5) is 0. The maximum Gasteiger partial charge on any atom is 0.114 e. The Morgan fingerprint density at radius 2 is 1.79 bits per heavy atom. The van der Waals surface area contributed by atoms with Gasteiger partial charge in [0.2, 0.25) is 0 Å². The van der Waals surface area contributed by atoms with Crippen molar-refractivity contribution < 1.29 is 14.9 Å². The molecule has 85 valence electrons. The highest BCUT2D eigenvalue weighted by molar-refractivity contribution is 4.62. The van der Waals surface area contributed by atoms with E-state index >= 15 is 0 Å². The van der Waals surface area contributed by atoms with Gasteiger partial charge in [-0.3, -0.25) is 0 Å². The smallest absolute Gasteiger partial charge is 0.114 e. The van der Waals surface area contributed by atoms with E-state index in [0.29, 0.717) is 6.61 Å². The zero-order valence-electron chi connectivity index (χ0n) is 9.11. The van der Waals surface area contributed by atoms with E-state index in [1.54, 1.807) is 0 Å². The molecular weight excluding hydrogens is 180 g/mol. The number of ether oxygens (including phenoxy) is 1. The van der Waals surface area contributed by atoms with Gasteiger partial charge in [-0.05, 0) is 6.42 Å². The minimum Gasteiger partial charge on any atom is -0.394 e.